The minimum Gasteiger partial charge on any atom is -0.353 e. The molecule has 0 aromatic heterocycles. The molecule has 1 N–H and O–H groups in total. The van der Waals surface area contributed by atoms with Gasteiger partial charge in [-0.25, -0.2) is 0 Å². The molecule has 2 nitrogen and oxygen atoms in total. The summed E-state index contributed by atoms with van der Waals surface area (Å²) < 4.78 is 80.3. The van der Waals surface area contributed by atoms with E-state index in [1.54, 1.807) is 0 Å². The first-order valence-electron chi connectivity index (χ1n) is 6.46. The van der Waals surface area contributed by atoms with Crippen molar-refractivity contribution < 1.29 is 31.1 Å². The SMILES string of the molecule is CNCC1(OC(C(F)(F)F)C(F)(F)F)CCCC(C)C1. The molecule has 0 bridgehead atoms. The average molecular weight is 307 g/mol. The molecular formula is C12H19F6NO. The fourth-order valence-corrected chi connectivity index (χ4v) is 2.81. The smallest absolute Gasteiger partial charge is 0.353 e. The van der Waals surface area contributed by atoms with Crippen LogP contribution in [0.1, 0.15) is 32.6 Å². The van der Waals surface area contributed by atoms with Crippen LogP contribution in [0.2, 0.25) is 0 Å². The van der Waals surface area contributed by atoms with E-state index in [0.717, 1.165) is 6.42 Å². The summed E-state index contributed by atoms with van der Waals surface area (Å²) in [6, 6.07) is 0. The van der Waals surface area contributed by atoms with Gasteiger partial charge in [-0.15, -0.1) is 0 Å². The molecule has 0 radical (unpaired) electrons. The molecule has 2 unspecified atom stereocenters. The lowest BCUT2D eigenvalue weighted by molar-refractivity contribution is -0.347. The molecule has 120 valence electrons. The van der Waals surface area contributed by atoms with Crippen molar-refractivity contribution in [1.29, 1.82) is 0 Å². The third kappa shape index (κ3) is 4.51. The third-order valence-corrected chi connectivity index (χ3v) is 3.51. The molecule has 0 saturated heterocycles. The first-order valence-corrected chi connectivity index (χ1v) is 6.46. The Balaban J connectivity index is 2.97. The molecule has 0 aromatic carbocycles. The zero-order chi connectivity index (χ0) is 15.6. The summed E-state index contributed by atoms with van der Waals surface area (Å²) in [7, 11) is 1.49. The predicted molar refractivity (Wildman–Crippen MR) is 61.3 cm³/mol. The van der Waals surface area contributed by atoms with Crippen LogP contribution in [0.3, 0.4) is 0 Å². The Morgan fingerprint density at radius 2 is 1.75 bits per heavy atom. The maximum Gasteiger partial charge on any atom is 0.423 e. The van der Waals surface area contributed by atoms with Crippen LogP contribution >= 0.6 is 0 Å². The van der Waals surface area contributed by atoms with Gasteiger partial charge < -0.3 is 10.1 Å². The highest BCUT2D eigenvalue weighted by Gasteiger charge is 2.60. The van der Waals surface area contributed by atoms with E-state index < -0.39 is 24.1 Å². The summed E-state index contributed by atoms with van der Waals surface area (Å²) in [6.45, 7) is 1.78. The number of rotatable bonds is 4. The molecule has 0 aromatic rings. The highest BCUT2D eigenvalue weighted by atomic mass is 19.4. The maximum absolute atomic E-state index is 12.6. The van der Waals surface area contributed by atoms with Gasteiger partial charge in [-0.1, -0.05) is 19.8 Å². The topological polar surface area (TPSA) is 21.3 Å². The first kappa shape index (κ1) is 17.6. The van der Waals surface area contributed by atoms with E-state index in [1.165, 1.54) is 7.05 Å². The van der Waals surface area contributed by atoms with Crippen molar-refractivity contribution in [2.24, 2.45) is 5.92 Å². The lowest BCUT2D eigenvalue weighted by Gasteiger charge is -2.42. The number of ether oxygens (including phenoxy) is 1. The molecule has 2 atom stereocenters. The van der Waals surface area contributed by atoms with Gasteiger partial charge in [-0.2, -0.15) is 26.3 Å². The molecule has 1 aliphatic carbocycles. The summed E-state index contributed by atoms with van der Waals surface area (Å²) in [6.07, 6.45) is -12.9. The summed E-state index contributed by atoms with van der Waals surface area (Å²) in [4.78, 5) is 0. The average Bonchev–Trinajstić information content (AvgIpc) is 2.23. The Morgan fingerprint density at radius 3 is 2.15 bits per heavy atom. The Hall–Kier alpha value is -0.500. The second kappa shape index (κ2) is 6.09. The Kier molecular flexibility index (Phi) is 5.34. The molecule has 20 heavy (non-hydrogen) atoms. The monoisotopic (exact) mass is 307 g/mol. The van der Waals surface area contributed by atoms with Crippen LogP contribution in [-0.4, -0.2) is 37.7 Å². The van der Waals surface area contributed by atoms with Gasteiger partial charge in [-0.05, 0) is 25.8 Å². The lowest BCUT2D eigenvalue weighted by atomic mass is 9.78. The fraction of sp³-hybridized carbons (Fsp3) is 1.00. The quantitative estimate of drug-likeness (QED) is 0.800. The Bertz CT molecular complexity index is 298. The van der Waals surface area contributed by atoms with Crippen LogP contribution in [0.5, 0.6) is 0 Å². The van der Waals surface area contributed by atoms with E-state index in [2.05, 4.69) is 10.1 Å². The number of likely N-dealkylation sites (N-methyl/N-ethyl adjacent to an activating group) is 1. The van der Waals surface area contributed by atoms with Crippen molar-refractivity contribution in [3.63, 3.8) is 0 Å². The van der Waals surface area contributed by atoms with E-state index in [4.69, 9.17) is 0 Å². The molecule has 1 aliphatic rings. The molecule has 0 amide bonds. The van der Waals surface area contributed by atoms with Crippen molar-refractivity contribution in [3.05, 3.63) is 0 Å². The van der Waals surface area contributed by atoms with E-state index in [1.807, 2.05) is 6.92 Å². The second-order valence-corrected chi connectivity index (χ2v) is 5.50. The fourth-order valence-electron chi connectivity index (χ4n) is 2.81. The highest BCUT2D eigenvalue weighted by Crippen LogP contribution is 2.43. The minimum absolute atomic E-state index is 0.0278. The van der Waals surface area contributed by atoms with Crippen LogP contribution in [0.25, 0.3) is 0 Å². The summed E-state index contributed by atoms with van der Waals surface area (Å²) >= 11 is 0. The standard InChI is InChI=1S/C12H19F6NO/c1-8-4-3-5-10(6-8,7-19-2)20-9(11(13,14)15)12(16,17)18/h8-9,19H,3-7H2,1-2H3. The van der Waals surface area contributed by atoms with Gasteiger partial charge in [-0.3, -0.25) is 0 Å². The van der Waals surface area contributed by atoms with Crippen LogP contribution < -0.4 is 5.32 Å². The highest BCUT2D eigenvalue weighted by molar-refractivity contribution is 4.92. The van der Waals surface area contributed by atoms with Gasteiger partial charge in [0.1, 0.15) is 0 Å². The summed E-state index contributed by atoms with van der Waals surface area (Å²) in [5, 5.41) is 2.65. The predicted octanol–water partition coefficient (Wildman–Crippen LogP) is 3.66. The number of hydrogen-bond acceptors (Lipinski definition) is 2. The van der Waals surface area contributed by atoms with Crippen molar-refractivity contribution in [2.45, 2.75) is 56.7 Å². The molecule has 1 fully saturated rings. The minimum atomic E-state index is -5.46. The number of hydrogen-bond donors (Lipinski definition) is 1. The van der Waals surface area contributed by atoms with Gasteiger partial charge in [0, 0.05) is 6.54 Å². The lowest BCUT2D eigenvalue weighted by Crippen LogP contribution is -2.55. The van der Waals surface area contributed by atoms with Crippen molar-refractivity contribution >= 4 is 0 Å². The molecule has 1 rings (SSSR count). The number of halogens is 6. The Labute approximate surface area is 113 Å². The van der Waals surface area contributed by atoms with Gasteiger partial charge >= 0.3 is 12.4 Å². The summed E-state index contributed by atoms with van der Waals surface area (Å²) in [5.41, 5.74) is -1.41. The van der Waals surface area contributed by atoms with Crippen molar-refractivity contribution in [1.82, 2.24) is 5.32 Å². The van der Waals surface area contributed by atoms with E-state index in [0.29, 0.717) is 6.42 Å². The van der Waals surface area contributed by atoms with Crippen LogP contribution in [0.15, 0.2) is 0 Å². The van der Waals surface area contributed by atoms with E-state index >= 15 is 0 Å². The molecule has 0 spiro atoms. The van der Waals surface area contributed by atoms with Crippen LogP contribution in [0.4, 0.5) is 26.3 Å². The molecular weight excluding hydrogens is 288 g/mol. The molecule has 8 heteroatoms. The number of alkyl halides is 6. The first-order chi connectivity index (χ1) is 9.00. The van der Waals surface area contributed by atoms with Gasteiger partial charge in [0.2, 0.25) is 6.10 Å². The van der Waals surface area contributed by atoms with E-state index in [-0.39, 0.29) is 25.3 Å². The molecule has 0 heterocycles. The number of nitrogens with one attached hydrogen (secondary N) is 1. The maximum atomic E-state index is 12.6. The van der Waals surface area contributed by atoms with E-state index in [9.17, 15) is 26.3 Å². The van der Waals surface area contributed by atoms with Crippen LogP contribution in [0, 0.1) is 5.92 Å². The molecule has 1 saturated carbocycles. The Morgan fingerprint density at radius 1 is 1.20 bits per heavy atom. The third-order valence-electron chi connectivity index (χ3n) is 3.51. The molecule has 0 aliphatic heterocycles. The van der Waals surface area contributed by atoms with Crippen molar-refractivity contribution in [2.75, 3.05) is 13.6 Å². The zero-order valence-corrected chi connectivity index (χ0v) is 11.4. The zero-order valence-electron chi connectivity index (χ0n) is 11.4. The second-order valence-electron chi connectivity index (χ2n) is 5.50. The normalized spacial score (nSPS) is 28.9. The largest absolute Gasteiger partial charge is 0.423 e. The van der Waals surface area contributed by atoms with Crippen molar-refractivity contribution in [3.8, 4) is 0 Å². The summed E-state index contributed by atoms with van der Waals surface area (Å²) in [5.74, 6) is 0.0409. The van der Waals surface area contributed by atoms with Crippen LogP contribution in [-0.2, 0) is 4.74 Å². The van der Waals surface area contributed by atoms with Gasteiger partial charge in [0.25, 0.3) is 0 Å². The van der Waals surface area contributed by atoms with Gasteiger partial charge in [0.05, 0.1) is 5.60 Å². The van der Waals surface area contributed by atoms with Gasteiger partial charge in [0.15, 0.2) is 0 Å².